The average molecular weight is 374 g/mol. The minimum absolute atomic E-state index is 0.000436. The zero-order valence-electron chi connectivity index (χ0n) is 14.2. The molecule has 1 aromatic heterocycles. The van der Waals surface area contributed by atoms with Crippen LogP contribution in [-0.4, -0.2) is 67.8 Å². The van der Waals surface area contributed by atoms with E-state index in [9.17, 15) is 24.7 Å². The number of carbonyl (C=O) groups is 2. The summed E-state index contributed by atoms with van der Waals surface area (Å²) >= 11 is 0. The topological polar surface area (TPSA) is 145 Å². The molecule has 0 spiro atoms. The van der Waals surface area contributed by atoms with Gasteiger partial charge in [0.1, 0.15) is 23.1 Å². The molecule has 0 unspecified atom stereocenters. The second-order valence-corrected chi connectivity index (χ2v) is 6.66. The number of hydrogen-bond acceptors (Lipinski definition) is 7. The van der Waals surface area contributed by atoms with Gasteiger partial charge in [-0.3, -0.25) is 4.79 Å². The first-order chi connectivity index (χ1) is 12.8. The largest absolute Gasteiger partial charge is 0.669 e. The molecule has 4 N–H and O–H groups in total. The van der Waals surface area contributed by atoms with Crippen LogP contribution in [0.3, 0.4) is 0 Å². The molecule has 0 radical (unpaired) electrons. The number of nitrogens with one attached hydrogen (secondary N) is 1. The molecule has 1 aromatic carbocycles. The van der Waals surface area contributed by atoms with E-state index in [1.807, 2.05) is 0 Å². The molecule has 3 heterocycles. The monoisotopic (exact) mass is 374 g/mol. The third-order valence-corrected chi connectivity index (χ3v) is 4.67. The Kier molecular flexibility index (Phi) is 4.04. The van der Waals surface area contributed by atoms with Crippen molar-refractivity contribution in [1.82, 2.24) is 14.9 Å². The van der Waals surface area contributed by atoms with E-state index in [1.54, 1.807) is 11.0 Å². The standard InChI is InChI=1S/C16H17BN3O7/c21-15(11-5-18-8-19-11)20-6-10(7-20)26-12-2-1-9-3-4-17(24,25)27-14(9)13(12)16(22)23/h1-2,5,8,10,24-25H,3-4,6-7H2,(H,18,19)(H,22,23)/q-1. The molecule has 2 aliphatic heterocycles. The summed E-state index contributed by atoms with van der Waals surface area (Å²) in [7, 11) is 0. The highest BCUT2D eigenvalue weighted by molar-refractivity contribution is 6.59. The third kappa shape index (κ3) is 3.22. The fourth-order valence-corrected chi connectivity index (χ4v) is 3.23. The van der Waals surface area contributed by atoms with Crippen molar-refractivity contribution in [3.05, 3.63) is 41.5 Å². The molecule has 0 atom stereocenters. The number of nitrogens with zero attached hydrogens (tertiary/aromatic N) is 2. The van der Waals surface area contributed by atoms with Gasteiger partial charge in [-0.05, 0) is 18.1 Å². The van der Waals surface area contributed by atoms with Gasteiger partial charge >= 0.3 is 12.7 Å². The van der Waals surface area contributed by atoms with E-state index in [4.69, 9.17) is 9.39 Å². The van der Waals surface area contributed by atoms with E-state index >= 15 is 0 Å². The summed E-state index contributed by atoms with van der Waals surface area (Å²) in [6.45, 7) is -2.50. The van der Waals surface area contributed by atoms with Crippen LogP contribution in [0.25, 0.3) is 0 Å². The summed E-state index contributed by atoms with van der Waals surface area (Å²) in [4.78, 5) is 32.0. The fourth-order valence-electron chi connectivity index (χ4n) is 3.23. The van der Waals surface area contributed by atoms with E-state index in [1.165, 1.54) is 18.6 Å². The molecule has 1 fully saturated rings. The van der Waals surface area contributed by atoms with E-state index in [-0.39, 0.29) is 35.4 Å². The van der Waals surface area contributed by atoms with Gasteiger partial charge in [-0.25, -0.2) is 9.78 Å². The smallest absolute Gasteiger partial charge is 0.430 e. The molecule has 1 saturated heterocycles. The SMILES string of the molecule is O=C(O)c1c(OC2CN(C(=O)c3cnc[nH]3)C2)ccc2c1O[B-](O)(O)CC2. The lowest BCUT2D eigenvalue weighted by atomic mass is 9.70. The molecule has 1 amide bonds. The molecule has 11 heteroatoms. The Morgan fingerprint density at radius 3 is 2.78 bits per heavy atom. The summed E-state index contributed by atoms with van der Waals surface area (Å²) in [6.07, 6.45) is 2.75. The van der Waals surface area contributed by atoms with Gasteiger partial charge in [0.15, 0.2) is 0 Å². The molecule has 142 valence electrons. The first-order valence-corrected chi connectivity index (χ1v) is 8.47. The Morgan fingerprint density at radius 1 is 1.33 bits per heavy atom. The van der Waals surface area contributed by atoms with Gasteiger partial charge in [-0.1, -0.05) is 12.4 Å². The number of carboxylic acids is 1. The minimum Gasteiger partial charge on any atom is -0.669 e. The van der Waals surface area contributed by atoms with Crippen molar-refractivity contribution < 1.29 is 34.1 Å². The van der Waals surface area contributed by atoms with Crippen LogP contribution in [0.2, 0.25) is 6.32 Å². The van der Waals surface area contributed by atoms with Crippen molar-refractivity contribution >= 4 is 18.6 Å². The zero-order valence-corrected chi connectivity index (χ0v) is 14.2. The van der Waals surface area contributed by atoms with Crippen molar-refractivity contribution in [3.8, 4) is 11.5 Å². The predicted octanol–water partition coefficient (Wildman–Crippen LogP) is -0.130. The van der Waals surface area contributed by atoms with Gasteiger partial charge in [-0.2, -0.15) is 0 Å². The molecule has 0 saturated carbocycles. The van der Waals surface area contributed by atoms with Gasteiger partial charge in [0.2, 0.25) is 0 Å². The van der Waals surface area contributed by atoms with Crippen molar-refractivity contribution in [2.75, 3.05) is 13.1 Å². The number of ether oxygens (including phenoxy) is 1. The molecule has 0 aliphatic carbocycles. The number of carboxylic acid groups (broad SMARTS) is 1. The lowest BCUT2D eigenvalue weighted by Gasteiger charge is -2.40. The first kappa shape index (κ1) is 17.4. The van der Waals surface area contributed by atoms with Crippen molar-refractivity contribution in [3.63, 3.8) is 0 Å². The van der Waals surface area contributed by atoms with Crippen LogP contribution < -0.4 is 9.39 Å². The molecule has 27 heavy (non-hydrogen) atoms. The lowest BCUT2D eigenvalue weighted by molar-refractivity contribution is 0.0165. The number of imidazole rings is 1. The summed E-state index contributed by atoms with van der Waals surface area (Å²) in [5.41, 5.74) is 0.691. The summed E-state index contributed by atoms with van der Waals surface area (Å²) in [5.74, 6) is -1.53. The van der Waals surface area contributed by atoms with E-state index in [2.05, 4.69) is 9.97 Å². The second-order valence-electron chi connectivity index (χ2n) is 6.66. The van der Waals surface area contributed by atoms with Crippen molar-refractivity contribution in [2.45, 2.75) is 18.8 Å². The summed E-state index contributed by atoms with van der Waals surface area (Å²) < 4.78 is 10.9. The minimum atomic E-state index is -3.09. The number of aromatic carboxylic acids is 1. The highest BCUT2D eigenvalue weighted by atomic mass is 16.6. The molecule has 2 aliphatic rings. The first-order valence-electron chi connectivity index (χ1n) is 8.47. The van der Waals surface area contributed by atoms with Crippen LogP contribution >= 0.6 is 0 Å². The van der Waals surface area contributed by atoms with Gasteiger partial charge in [0, 0.05) is 0 Å². The number of H-pyrrole nitrogens is 1. The number of amides is 1. The number of aryl methyl sites for hydroxylation is 1. The van der Waals surface area contributed by atoms with Gasteiger partial charge in [0.25, 0.3) is 5.91 Å². The van der Waals surface area contributed by atoms with Gasteiger partial charge < -0.3 is 34.4 Å². The normalized spacial score (nSPS) is 18.2. The van der Waals surface area contributed by atoms with Crippen LogP contribution in [-0.2, 0) is 6.42 Å². The van der Waals surface area contributed by atoms with Gasteiger partial charge in [-0.15, -0.1) is 0 Å². The maximum absolute atomic E-state index is 12.2. The summed E-state index contributed by atoms with van der Waals surface area (Å²) in [6, 6.07) is 3.17. The lowest BCUT2D eigenvalue weighted by Crippen LogP contribution is -2.56. The molecule has 4 rings (SSSR count). The van der Waals surface area contributed by atoms with E-state index < -0.39 is 12.7 Å². The Bertz CT molecular complexity index is 894. The van der Waals surface area contributed by atoms with E-state index in [0.29, 0.717) is 30.8 Å². The van der Waals surface area contributed by atoms with Crippen LogP contribution in [0.5, 0.6) is 11.5 Å². The number of benzene rings is 1. The third-order valence-electron chi connectivity index (χ3n) is 4.67. The maximum atomic E-state index is 12.2. The number of aromatic amines is 1. The summed E-state index contributed by atoms with van der Waals surface area (Å²) in [5, 5.41) is 29.1. The second kappa shape index (κ2) is 6.29. The highest BCUT2D eigenvalue weighted by Gasteiger charge is 2.36. The number of carbonyl (C=O) groups excluding carboxylic acids is 1. The number of hydrogen-bond donors (Lipinski definition) is 4. The van der Waals surface area contributed by atoms with Crippen LogP contribution in [0.1, 0.15) is 26.4 Å². The Hall–Kier alpha value is -3.05. The number of aromatic nitrogens is 2. The molecule has 10 nitrogen and oxygen atoms in total. The fraction of sp³-hybridized carbons (Fsp3) is 0.312. The highest BCUT2D eigenvalue weighted by Crippen LogP contribution is 2.38. The number of fused-ring (bicyclic) bond motifs is 1. The van der Waals surface area contributed by atoms with Gasteiger partial charge in [0.05, 0.1) is 31.4 Å². The predicted molar refractivity (Wildman–Crippen MR) is 91.6 cm³/mol. The number of likely N-dealkylation sites (tertiary alicyclic amines) is 1. The molecule has 2 aromatic rings. The van der Waals surface area contributed by atoms with E-state index in [0.717, 1.165) is 0 Å². The molecular formula is C16H17BN3O7-. The number of rotatable bonds is 4. The van der Waals surface area contributed by atoms with Crippen LogP contribution in [0.15, 0.2) is 24.7 Å². The molecular weight excluding hydrogens is 357 g/mol. The molecule has 0 bridgehead atoms. The quantitative estimate of drug-likeness (QED) is 0.542. The van der Waals surface area contributed by atoms with Crippen LogP contribution in [0.4, 0.5) is 0 Å². The van der Waals surface area contributed by atoms with Crippen LogP contribution in [0, 0.1) is 0 Å². The Labute approximate surface area is 153 Å². The Balaban J connectivity index is 1.50. The zero-order chi connectivity index (χ0) is 19.2. The Morgan fingerprint density at radius 2 is 2.11 bits per heavy atom. The van der Waals surface area contributed by atoms with Crippen molar-refractivity contribution in [1.29, 1.82) is 0 Å². The maximum Gasteiger partial charge on any atom is 0.430 e. The van der Waals surface area contributed by atoms with Crippen molar-refractivity contribution in [2.24, 2.45) is 0 Å². The average Bonchev–Trinajstić information content (AvgIpc) is 3.10.